The molecule has 0 amide bonds. The minimum absolute atomic E-state index is 0.0508. The van der Waals surface area contributed by atoms with Crippen LogP contribution in [0.1, 0.15) is 45.5 Å². The number of esters is 1. The molecular formula is C41H44ClN7O9. The summed E-state index contributed by atoms with van der Waals surface area (Å²) in [6.45, 7) is 4.03. The first-order chi connectivity index (χ1) is 28.0. The molecule has 0 aliphatic heterocycles. The number of carbonyl (C=O) groups excluding carboxylic acids is 1. The fourth-order valence-electron chi connectivity index (χ4n) is 5.80. The third kappa shape index (κ3) is 11.5. The number of ether oxygens (including phenoxy) is 4. The lowest BCUT2D eigenvalue weighted by Gasteiger charge is -2.18. The molecule has 0 aliphatic rings. The normalized spacial score (nSPS) is 12.0. The van der Waals surface area contributed by atoms with E-state index in [9.17, 15) is 25.1 Å². The Morgan fingerprint density at radius 1 is 0.931 bits per heavy atom. The van der Waals surface area contributed by atoms with Crippen LogP contribution in [0.3, 0.4) is 0 Å². The fourth-order valence-corrected chi connectivity index (χ4v) is 6.04. The van der Waals surface area contributed by atoms with Gasteiger partial charge in [-0.15, -0.1) is 5.10 Å². The molecule has 16 nitrogen and oxygen atoms in total. The van der Waals surface area contributed by atoms with Crippen LogP contribution in [0, 0.1) is 25.2 Å². The van der Waals surface area contributed by atoms with Crippen LogP contribution in [-0.4, -0.2) is 79.1 Å². The van der Waals surface area contributed by atoms with E-state index < -0.39 is 37.2 Å². The third-order valence-corrected chi connectivity index (χ3v) is 9.39. The third-order valence-electron chi connectivity index (χ3n) is 9.09. The van der Waals surface area contributed by atoms with Gasteiger partial charge in [0.25, 0.3) is 0 Å². The smallest absolute Gasteiger partial charge is 0.325 e. The molecule has 1 unspecified atom stereocenters. The van der Waals surface area contributed by atoms with Gasteiger partial charge in [0, 0.05) is 55.3 Å². The topological polar surface area (TPSA) is 237 Å². The number of benzene rings is 3. The monoisotopic (exact) mass is 813 g/mol. The van der Waals surface area contributed by atoms with Crippen molar-refractivity contribution in [1.82, 2.24) is 25.3 Å². The molecule has 0 saturated heterocycles. The molecule has 0 aliphatic carbocycles. The number of hydrogen-bond donors (Lipinski definition) is 5. The molecule has 0 saturated carbocycles. The van der Waals surface area contributed by atoms with Crippen LogP contribution in [0.2, 0.25) is 5.02 Å². The van der Waals surface area contributed by atoms with Crippen molar-refractivity contribution in [3.8, 4) is 34.4 Å². The van der Waals surface area contributed by atoms with Crippen molar-refractivity contribution in [2.24, 2.45) is 5.73 Å². The van der Waals surface area contributed by atoms with E-state index in [2.05, 4.69) is 26.7 Å². The number of halogens is 1. The number of rotatable bonds is 21. The van der Waals surface area contributed by atoms with E-state index >= 15 is 0 Å². The van der Waals surface area contributed by atoms with Crippen molar-refractivity contribution in [3.63, 3.8) is 0 Å². The summed E-state index contributed by atoms with van der Waals surface area (Å²) in [5, 5.41) is 47.9. The number of nitrogens with two attached hydrogens (primary N) is 1. The molecule has 0 radical (unpaired) electrons. The first-order valence-corrected chi connectivity index (χ1v) is 18.6. The molecular weight excluding hydrogens is 770 g/mol. The number of aliphatic carboxylic acids is 1. The Morgan fingerprint density at radius 2 is 1.69 bits per heavy atom. The standard InChI is InChI=1S/C41H44ClN7O9/c1-25-29(23-57-39-14-38(56-22-28-12-27(15-43)16-45-17-28)30(13-34(39)42)24-58-41(54)35(44)20-50)6-3-7-32(25)33-8-4-9-37(26(33)2)55-11-5-10-49-19-31(47-48-49)18-46-36(21-51)40(52)53/h3-4,6-9,12-14,16-17,19,35-36,46,50-51H,5,10-11,18,20-24,44H2,1-2H3,(H,52,53)/t35-,36?/m0/s1. The van der Waals surface area contributed by atoms with Crippen molar-refractivity contribution >= 4 is 23.5 Å². The summed E-state index contributed by atoms with van der Waals surface area (Å²) in [5.41, 5.74) is 12.5. The second kappa shape index (κ2) is 20.9. The van der Waals surface area contributed by atoms with E-state index in [1.807, 2.05) is 50.2 Å². The van der Waals surface area contributed by atoms with Gasteiger partial charge in [0.05, 0.1) is 36.1 Å². The van der Waals surface area contributed by atoms with Gasteiger partial charge in [-0.05, 0) is 59.9 Å². The van der Waals surface area contributed by atoms with Crippen molar-refractivity contribution in [2.75, 3.05) is 19.8 Å². The van der Waals surface area contributed by atoms with Crippen LogP contribution in [0.15, 0.2) is 73.2 Å². The lowest BCUT2D eigenvalue weighted by molar-refractivity contribution is -0.147. The van der Waals surface area contributed by atoms with Crippen LogP contribution >= 0.6 is 11.6 Å². The maximum absolute atomic E-state index is 12.2. The summed E-state index contributed by atoms with van der Waals surface area (Å²) < 4.78 is 25.5. The number of pyridine rings is 1. The summed E-state index contributed by atoms with van der Waals surface area (Å²) >= 11 is 6.68. The number of hydrogen-bond acceptors (Lipinski definition) is 14. The largest absolute Gasteiger partial charge is 0.493 e. The summed E-state index contributed by atoms with van der Waals surface area (Å²) in [5.74, 6) is -0.550. The van der Waals surface area contributed by atoms with Crippen molar-refractivity contribution in [3.05, 3.63) is 117 Å². The minimum atomic E-state index is -1.20. The Hall–Kier alpha value is -6.09. The zero-order valence-electron chi connectivity index (χ0n) is 31.9. The molecule has 3 aromatic carbocycles. The number of nitrogens with one attached hydrogen (secondary N) is 1. The second-order valence-electron chi connectivity index (χ2n) is 13.2. The number of aliphatic hydroxyl groups is 2. The molecule has 17 heteroatoms. The molecule has 0 fully saturated rings. The average molecular weight is 814 g/mol. The highest BCUT2D eigenvalue weighted by Gasteiger charge is 2.19. The van der Waals surface area contributed by atoms with Gasteiger partial charge >= 0.3 is 11.9 Å². The predicted molar refractivity (Wildman–Crippen MR) is 211 cm³/mol. The van der Waals surface area contributed by atoms with Crippen molar-refractivity contribution in [2.45, 2.75) is 65.3 Å². The first-order valence-electron chi connectivity index (χ1n) is 18.2. The van der Waals surface area contributed by atoms with Gasteiger partial charge in [0.1, 0.15) is 55.2 Å². The number of nitrogens with zero attached hydrogens (tertiary/aromatic N) is 5. The predicted octanol–water partition coefficient (Wildman–Crippen LogP) is 4.01. The van der Waals surface area contributed by atoms with Gasteiger partial charge in [-0.2, -0.15) is 5.26 Å². The Balaban J connectivity index is 1.24. The Kier molecular flexibility index (Phi) is 15.5. The number of carbonyl (C=O) groups is 2. The highest BCUT2D eigenvalue weighted by atomic mass is 35.5. The maximum atomic E-state index is 12.2. The van der Waals surface area contributed by atoms with Crippen LogP contribution in [0.5, 0.6) is 17.2 Å². The van der Waals surface area contributed by atoms with E-state index in [-0.39, 0.29) is 31.4 Å². The maximum Gasteiger partial charge on any atom is 0.325 e. The molecule has 5 aromatic rings. The van der Waals surface area contributed by atoms with E-state index in [4.69, 9.17) is 41.4 Å². The molecule has 5 rings (SSSR count). The van der Waals surface area contributed by atoms with E-state index in [0.717, 1.165) is 33.6 Å². The minimum Gasteiger partial charge on any atom is -0.493 e. The molecule has 2 heterocycles. The number of aromatic nitrogens is 4. The van der Waals surface area contributed by atoms with Gasteiger partial charge in [-0.1, -0.05) is 47.1 Å². The zero-order valence-corrected chi connectivity index (χ0v) is 32.7. The molecule has 304 valence electrons. The fraction of sp³-hybridized carbons (Fsp3) is 0.317. The molecule has 6 N–H and O–H groups in total. The Morgan fingerprint density at radius 3 is 2.43 bits per heavy atom. The van der Waals surface area contributed by atoms with Crippen LogP contribution in [0.4, 0.5) is 0 Å². The van der Waals surface area contributed by atoms with Crippen molar-refractivity contribution in [1.29, 1.82) is 5.26 Å². The van der Waals surface area contributed by atoms with E-state index in [1.54, 1.807) is 35.3 Å². The summed E-state index contributed by atoms with van der Waals surface area (Å²) in [6, 6.07) is 16.5. The highest BCUT2D eigenvalue weighted by molar-refractivity contribution is 6.32. The van der Waals surface area contributed by atoms with Crippen LogP contribution < -0.4 is 25.3 Å². The van der Waals surface area contributed by atoms with Crippen LogP contribution in [-0.2, 0) is 47.2 Å². The van der Waals surface area contributed by atoms with Gasteiger partial charge in [-0.3, -0.25) is 24.6 Å². The second-order valence-corrected chi connectivity index (χ2v) is 13.6. The van der Waals surface area contributed by atoms with Gasteiger partial charge in [0.15, 0.2) is 0 Å². The number of nitriles is 1. The quantitative estimate of drug-likeness (QED) is 0.0520. The van der Waals surface area contributed by atoms with Gasteiger partial charge < -0.3 is 40.0 Å². The van der Waals surface area contributed by atoms with Gasteiger partial charge in [-0.25, -0.2) is 0 Å². The Labute approximate surface area is 339 Å². The lowest BCUT2D eigenvalue weighted by atomic mass is 9.93. The number of carboxylic acids is 1. The number of aryl methyl sites for hydroxylation is 1. The lowest BCUT2D eigenvalue weighted by Crippen LogP contribution is -2.39. The number of aliphatic hydroxyl groups excluding tert-OH is 2. The highest BCUT2D eigenvalue weighted by Crippen LogP contribution is 2.36. The molecule has 0 bridgehead atoms. The zero-order chi connectivity index (χ0) is 41.6. The number of carboxylic acid groups (broad SMARTS) is 1. The van der Waals surface area contributed by atoms with E-state index in [1.165, 1.54) is 6.20 Å². The van der Waals surface area contributed by atoms with Crippen molar-refractivity contribution < 1.29 is 43.9 Å². The average Bonchev–Trinajstić information content (AvgIpc) is 3.69. The summed E-state index contributed by atoms with van der Waals surface area (Å²) in [7, 11) is 0. The summed E-state index contributed by atoms with van der Waals surface area (Å²) in [6.07, 6.45) is 5.39. The molecule has 58 heavy (non-hydrogen) atoms. The Bertz CT molecular complexity index is 2240. The van der Waals surface area contributed by atoms with Crippen LogP contribution in [0.25, 0.3) is 11.1 Å². The summed E-state index contributed by atoms with van der Waals surface area (Å²) in [4.78, 5) is 27.4. The molecule has 2 aromatic heterocycles. The SMILES string of the molecule is Cc1c(COc2cc(OCc3cncc(C#N)c3)c(COC(=O)[C@@H](N)CO)cc2Cl)cccc1-c1cccc(OCCCn2cc(CNC(CO)C(=O)O)nn2)c1C. The molecule has 0 spiro atoms. The van der Waals surface area contributed by atoms with Gasteiger partial charge in [0.2, 0.25) is 0 Å². The van der Waals surface area contributed by atoms with E-state index in [0.29, 0.717) is 53.5 Å². The molecule has 2 atom stereocenters. The first kappa shape index (κ1) is 43.0.